The zero-order valence-corrected chi connectivity index (χ0v) is 24.4. The van der Waals surface area contributed by atoms with Crippen LogP contribution in [-0.2, 0) is 17.4 Å². The molecule has 1 saturated carbocycles. The molecule has 1 aromatic heterocycles. The summed E-state index contributed by atoms with van der Waals surface area (Å²) in [6.07, 6.45) is -0.217. The largest absolute Gasteiger partial charge is 0.490 e. The Bertz CT molecular complexity index is 1670. The van der Waals surface area contributed by atoms with Crippen molar-refractivity contribution >= 4 is 23.5 Å². The number of para-hydroxylation sites is 1. The van der Waals surface area contributed by atoms with Crippen molar-refractivity contribution in [3.8, 4) is 17.4 Å². The van der Waals surface area contributed by atoms with Crippen molar-refractivity contribution in [2.24, 2.45) is 0 Å². The van der Waals surface area contributed by atoms with Crippen molar-refractivity contribution in [2.45, 2.75) is 50.4 Å². The molecule has 0 bridgehead atoms. The first-order chi connectivity index (χ1) is 22.0. The highest BCUT2D eigenvalue weighted by atomic mass is 19.4. The van der Waals surface area contributed by atoms with Crippen LogP contribution in [-0.4, -0.2) is 40.0 Å². The molecule has 12 heteroatoms. The summed E-state index contributed by atoms with van der Waals surface area (Å²) in [7, 11) is 0. The molecule has 0 aliphatic heterocycles. The Morgan fingerprint density at radius 3 is 2.15 bits per heavy atom. The van der Waals surface area contributed by atoms with E-state index < -0.39 is 23.6 Å². The smallest absolute Gasteiger partial charge is 0.416 e. The van der Waals surface area contributed by atoms with E-state index in [2.05, 4.69) is 15.6 Å². The van der Waals surface area contributed by atoms with E-state index in [1.807, 2.05) is 0 Å². The predicted molar refractivity (Wildman–Crippen MR) is 162 cm³/mol. The summed E-state index contributed by atoms with van der Waals surface area (Å²) in [6, 6.07) is 20.6. The minimum Gasteiger partial charge on any atom is -0.490 e. The highest BCUT2D eigenvalue weighted by Crippen LogP contribution is 2.30. The lowest BCUT2D eigenvalue weighted by Gasteiger charge is -2.29. The Balaban J connectivity index is 1.05. The number of carboxylic acid groups (broad SMARTS) is 1. The monoisotopic (exact) mass is 633 g/mol. The predicted octanol–water partition coefficient (Wildman–Crippen LogP) is 6.89. The van der Waals surface area contributed by atoms with Gasteiger partial charge in [-0.2, -0.15) is 13.2 Å². The van der Waals surface area contributed by atoms with E-state index in [0.717, 1.165) is 12.1 Å². The second-order valence-corrected chi connectivity index (χ2v) is 10.8. The zero-order valence-electron chi connectivity index (χ0n) is 24.4. The van der Waals surface area contributed by atoms with Crippen LogP contribution in [0, 0.1) is 0 Å². The molecule has 0 atom stereocenters. The molecule has 0 radical (unpaired) electrons. The number of carbonyl (C=O) groups excluding carboxylic acids is 2. The fourth-order valence-corrected chi connectivity index (χ4v) is 5.04. The molecule has 0 unspecified atom stereocenters. The van der Waals surface area contributed by atoms with Gasteiger partial charge in [0.25, 0.3) is 5.91 Å². The van der Waals surface area contributed by atoms with E-state index in [9.17, 15) is 32.7 Å². The number of ether oxygens (including phenoxy) is 2. The molecule has 0 spiro atoms. The molecule has 4 aromatic rings. The van der Waals surface area contributed by atoms with Crippen LogP contribution in [0.4, 0.5) is 18.9 Å². The van der Waals surface area contributed by atoms with E-state index in [1.54, 1.807) is 48.5 Å². The third kappa shape index (κ3) is 8.62. The molecule has 9 nitrogen and oxygen atoms in total. The lowest BCUT2D eigenvalue weighted by Crippen LogP contribution is -2.39. The number of alkyl halides is 3. The van der Waals surface area contributed by atoms with Crippen LogP contribution in [0.15, 0.2) is 91.1 Å². The summed E-state index contributed by atoms with van der Waals surface area (Å²) in [5.41, 5.74) is 0.231. The van der Waals surface area contributed by atoms with E-state index in [-0.39, 0.29) is 41.3 Å². The summed E-state index contributed by atoms with van der Waals surface area (Å²) >= 11 is 0. The van der Waals surface area contributed by atoms with Crippen molar-refractivity contribution in [3.63, 3.8) is 0 Å². The molecule has 238 valence electrons. The number of hydrogen-bond acceptors (Lipinski definition) is 6. The van der Waals surface area contributed by atoms with E-state index in [0.29, 0.717) is 48.6 Å². The van der Waals surface area contributed by atoms with E-state index in [4.69, 9.17) is 9.47 Å². The number of hydrogen-bond donors (Lipinski definition) is 3. The number of halogens is 3. The average Bonchev–Trinajstić information content (AvgIpc) is 3.03. The highest BCUT2D eigenvalue weighted by molar-refractivity contribution is 6.01. The Morgan fingerprint density at radius 1 is 0.848 bits per heavy atom. The van der Waals surface area contributed by atoms with Gasteiger partial charge in [-0.3, -0.25) is 9.59 Å². The topological polar surface area (TPSA) is 127 Å². The van der Waals surface area contributed by atoms with Crippen LogP contribution in [0.3, 0.4) is 0 Å². The minimum atomic E-state index is -4.45. The first-order valence-electron chi connectivity index (χ1n) is 14.5. The van der Waals surface area contributed by atoms with Gasteiger partial charge < -0.3 is 25.2 Å². The van der Waals surface area contributed by atoms with Crippen LogP contribution >= 0.6 is 0 Å². The molecular weight excluding hydrogens is 603 g/mol. The fourth-order valence-electron chi connectivity index (χ4n) is 5.04. The second-order valence-electron chi connectivity index (χ2n) is 10.8. The van der Waals surface area contributed by atoms with Crippen LogP contribution in [0.5, 0.6) is 17.4 Å². The van der Waals surface area contributed by atoms with Crippen molar-refractivity contribution in [2.75, 3.05) is 5.32 Å². The molecule has 46 heavy (non-hydrogen) atoms. The number of carboxylic acids is 1. The first kappa shape index (κ1) is 32.0. The summed E-state index contributed by atoms with van der Waals surface area (Å²) in [5, 5.41) is 14.8. The summed E-state index contributed by atoms with van der Waals surface area (Å²) in [6.45, 7) is 0. The van der Waals surface area contributed by atoms with Gasteiger partial charge in [-0.05, 0) is 91.9 Å². The standard InChI is InChI=1S/C34H30F3N3O6/c35-34(36,37)23-8-6-22(7-9-23)32(42)39-24-10-12-25(13-11-24)45-26-14-16-27(17-15-26)46-31-18-5-21(20-38-31)19-30(41)40-29-4-2-1-3-28(29)33(43)44/h1-9,14-18,20,24-25H,10-13,19H2,(H,39,42)(H,40,41)(H,43,44). The van der Waals surface area contributed by atoms with Gasteiger partial charge in [0.1, 0.15) is 11.5 Å². The quantitative estimate of drug-likeness (QED) is 0.174. The number of carbonyl (C=O) groups is 3. The molecule has 1 aliphatic rings. The minimum absolute atomic E-state index is 0.000699. The molecule has 0 saturated heterocycles. The van der Waals surface area contributed by atoms with Gasteiger partial charge in [0, 0.05) is 23.9 Å². The number of anilines is 1. The summed E-state index contributed by atoms with van der Waals surface area (Å²) < 4.78 is 50.2. The van der Waals surface area contributed by atoms with Crippen molar-refractivity contribution < 1.29 is 42.1 Å². The van der Waals surface area contributed by atoms with Gasteiger partial charge >= 0.3 is 12.1 Å². The van der Waals surface area contributed by atoms with Crippen molar-refractivity contribution in [3.05, 3.63) is 113 Å². The zero-order chi connectivity index (χ0) is 32.7. The molecule has 1 heterocycles. The number of benzene rings is 3. The van der Waals surface area contributed by atoms with E-state index >= 15 is 0 Å². The Hall–Kier alpha value is -5.39. The lowest BCUT2D eigenvalue weighted by atomic mass is 9.92. The molecule has 1 fully saturated rings. The molecule has 3 aromatic carbocycles. The summed E-state index contributed by atoms with van der Waals surface area (Å²) in [5.74, 6) is -0.398. The van der Waals surface area contributed by atoms with Crippen molar-refractivity contribution in [1.82, 2.24) is 10.3 Å². The molecule has 5 rings (SSSR count). The fraction of sp³-hybridized carbons (Fsp3) is 0.235. The highest BCUT2D eigenvalue weighted by Gasteiger charge is 2.30. The van der Waals surface area contributed by atoms with Crippen LogP contribution in [0.1, 0.15) is 57.5 Å². The third-order valence-electron chi connectivity index (χ3n) is 7.43. The Labute approximate surface area is 262 Å². The lowest BCUT2D eigenvalue weighted by molar-refractivity contribution is -0.137. The SMILES string of the molecule is O=C(Cc1ccc(Oc2ccc(OC3CCC(NC(=O)c4ccc(C(F)(F)F)cc4)CC3)cc2)nc1)Nc1ccccc1C(=O)O. The first-order valence-corrected chi connectivity index (χ1v) is 14.5. The van der Waals surface area contributed by atoms with Crippen LogP contribution in [0.2, 0.25) is 0 Å². The number of nitrogens with one attached hydrogen (secondary N) is 2. The number of pyridine rings is 1. The Kier molecular flexibility index (Phi) is 9.85. The molecule has 1 aliphatic carbocycles. The second kappa shape index (κ2) is 14.1. The van der Waals surface area contributed by atoms with Gasteiger partial charge in [0.15, 0.2) is 0 Å². The number of nitrogens with zero attached hydrogens (tertiary/aromatic N) is 1. The van der Waals surface area contributed by atoms with Crippen LogP contribution < -0.4 is 20.1 Å². The van der Waals surface area contributed by atoms with Gasteiger partial charge in [0.2, 0.25) is 11.8 Å². The van der Waals surface area contributed by atoms with E-state index in [1.165, 1.54) is 30.5 Å². The maximum atomic E-state index is 12.8. The van der Waals surface area contributed by atoms with Gasteiger partial charge in [-0.25, -0.2) is 9.78 Å². The summed E-state index contributed by atoms with van der Waals surface area (Å²) in [4.78, 5) is 40.5. The molecular formula is C34H30F3N3O6. The van der Waals surface area contributed by atoms with Gasteiger partial charge in [0.05, 0.1) is 29.3 Å². The number of rotatable bonds is 10. The Morgan fingerprint density at radius 2 is 1.52 bits per heavy atom. The van der Waals surface area contributed by atoms with Crippen LogP contribution in [0.25, 0.3) is 0 Å². The third-order valence-corrected chi connectivity index (χ3v) is 7.43. The van der Waals surface area contributed by atoms with Gasteiger partial charge in [-0.1, -0.05) is 18.2 Å². The van der Waals surface area contributed by atoms with Crippen molar-refractivity contribution in [1.29, 1.82) is 0 Å². The number of aromatic nitrogens is 1. The average molecular weight is 634 g/mol. The molecule has 2 amide bonds. The molecule has 3 N–H and O–H groups in total. The number of amides is 2. The maximum Gasteiger partial charge on any atom is 0.416 e. The number of aromatic carboxylic acids is 1. The van der Waals surface area contributed by atoms with Gasteiger partial charge in [-0.15, -0.1) is 0 Å². The normalized spacial score (nSPS) is 16.2. The maximum absolute atomic E-state index is 12.8.